The maximum Gasteiger partial charge on any atom is 0.185 e. The molecule has 0 saturated carbocycles. The van der Waals surface area contributed by atoms with Crippen molar-refractivity contribution in [2.24, 2.45) is 0 Å². The fourth-order valence-corrected chi connectivity index (χ4v) is 2.70. The van der Waals surface area contributed by atoms with Gasteiger partial charge in [0.15, 0.2) is 5.78 Å². The molecule has 138 valence electrons. The summed E-state index contributed by atoms with van der Waals surface area (Å²) in [6.45, 7) is 7.17. The second-order valence-corrected chi connectivity index (χ2v) is 5.86. The largest absolute Gasteiger partial charge is 0.508 e. The van der Waals surface area contributed by atoms with Crippen LogP contribution in [-0.4, -0.2) is 24.1 Å². The highest BCUT2D eigenvalue weighted by Gasteiger charge is 2.12. The highest BCUT2D eigenvalue weighted by molar-refractivity contribution is 6.06. The molecular formula is C22H26O4. The molecule has 1 N–H and O–H groups in total. The van der Waals surface area contributed by atoms with Crippen LogP contribution >= 0.6 is 0 Å². The first-order valence-corrected chi connectivity index (χ1v) is 9.02. The molecule has 0 aliphatic heterocycles. The van der Waals surface area contributed by atoms with E-state index in [1.165, 1.54) is 18.2 Å². The van der Waals surface area contributed by atoms with E-state index in [0.29, 0.717) is 18.8 Å². The van der Waals surface area contributed by atoms with E-state index in [1.807, 2.05) is 26.0 Å². The fourth-order valence-electron chi connectivity index (χ4n) is 2.70. The molecule has 0 fully saturated rings. The van der Waals surface area contributed by atoms with Crippen molar-refractivity contribution in [3.05, 3.63) is 59.2 Å². The smallest absolute Gasteiger partial charge is 0.185 e. The maximum atomic E-state index is 12.3. The number of ketones is 1. The Hall–Kier alpha value is -2.75. The molecule has 0 atom stereocenters. The number of rotatable bonds is 9. The average Bonchev–Trinajstić information content (AvgIpc) is 2.63. The van der Waals surface area contributed by atoms with Crippen LogP contribution in [0.25, 0.3) is 6.08 Å². The van der Waals surface area contributed by atoms with Crippen molar-refractivity contribution >= 4 is 11.9 Å². The number of hydrogen-bond donors (Lipinski definition) is 1. The van der Waals surface area contributed by atoms with Crippen molar-refractivity contribution in [1.29, 1.82) is 0 Å². The summed E-state index contributed by atoms with van der Waals surface area (Å²) in [5, 5.41) is 9.32. The molecule has 2 rings (SSSR count). The van der Waals surface area contributed by atoms with Gasteiger partial charge >= 0.3 is 0 Å². The standard InChI is InChI=1S/C22H26O4/c1-4-7-19-21(25-5-2)14-16(15-22(19)26-6-3)8-13-20(24)17-9-11-18(23)12-10-17/h8-15,23H,4-7H2,1-3H3. The number of aromatic hydroxyl groups is 1. The number of carbonyl (C=O) groups excluding carboxylic acids is 1. The second-order valence-electron chi connectivity index (χ2n) is 5.86. The summed E-state index contributed by atoms with van der Waals surface area (Å²) in [7, 11) is 0. The zero-order chi connectivity index (χ0) is 18.9. The predicted molar refractivity (Wildman–Crippen MR) is 104 cm³/mol. The Labute approximate surface area is 155 Å². The lowest BCUT2D eigenvalue weighted by Gasteiger charge is -2.16. The van der Waals surface area contributed by atoms with Gasteiger partial charge in [-0.15, -0.1) is 0 Å². The van der Waals surface area contributed by atoms with Crippen LogP contribution in [0.1, 0.15) is 48.7 Å². The highest BCUT2D eigenvalue weighted by Crippen LogP contribution is 2.33. The van der Waals surface area contributed by atoms with Crippen molar-refractivity contribution in [3.63, 3.8) is 0 Å². The lowest BCUT2D eigenvalue weighted by Crippen LogP contribution is -2.02. The van der Waals surface area contributed by atoms with Crippen LogP contribution < -0.4 is 9.47 Å². The van der Waals surface area contributed by atoms with Gasteiger partial charge in [0.25, 0.3) is 0 Å². The molecule has 0 aromatic heterocycles. The van der Waals surface area contributed by atoms with Gasteiger partial charge in [-0.2, -0.15) is 0 Å². The van der Waals surface area contributed by atoms with E-state index in [2.05, 4.69) is 6.92 Å². The normalized spacial score (nSPS) is 10.9. The molecular weight excluding hydrogens is 328 g/mol. The first kappa shape index (κ1) is 19.6. The van der Waals surface area contributed by atoms with E-state index in [1.54, 1.807) is 18.2 Å². The molecule has 0 amide bonds. The summed E-state index contributed by atoms with van der Waals surface area (Å²) >= 11 is 0. The number of ether oxygens (including phenoxy) is 2. The fraction of sp³-hybridized carbons (Fsp3) is 0.318. The first-order valence-electron chi connectivity index (χ1n) is 9.02. The Bertz CT molecular complexity index is 733. The maximum absolute atomic E-state index is 12.3. The zero-order valence-electron chi connectivity index (χ0n) is 15.6. The molecule has 4 nitrogen and oxygen atoms in total. The first-order chi connectivity index (χ1) is 12.6. The van der Waals surface area contributed by atoms with E-state index in [0.717, 1.165) is 35.5 Å². The van der Waals surface area contributed by atoms with Gasteiger partial charge in [-0.05, 0) is 68.3 Å². The Balaban J connectivity index is 2.32. The van der Waals surface area contributed by atoms with Gasteiger partial charge in [-0.1, -0.05) is 19.4 Å². The zero-order valence-corrected chi connectivity index (χ0v) is 15.6. The van der Waals surface area contributed by atoms with Gasteiger partial charge in [0.05, 0.1) is 13.2 Å². The summed E-state index contributed by atoms with van der Waals surface area (Å²) in [4.78, 5) is 12.3. The molecule has 0 aliphatic carbocycles. The van der Waals surface area contributed by atoms with Crippen LogP contribution in [0.4, 0.5) is 0 Å². The second kappa shape index (κ2) is 9.66. The van der Waals surface area contributed by atoms with Crippen LogP contribution in [0.15, 0.2) is 42.5 Å². The van der Waals surface area contributed by atoms with Crippen LogP contribution in [0.3, 0.4) is 0 Å². The number of phenolic OH excluding ortho intramolecular Hbond substituents is 1. The topological polar surface area (TPSA) is 55.8 Å². The third-order valence-corrected chi connectivity index (χ3v) is 3.87. The van der Waals surface area contributed by atoms with Crippen molar-refractivity contribution < 1.29 is 19.4 Å². The third-order valence-electron chi connectivity index (χ3n) is 3.87. The monoisotopic (exact) mass is 354 g/mol. The average molecular weight is 354 g/mol. The van der Waals surface area contributed by atoms with E-state index in [-0.39, 0.29) is 11.5 Å². The number of allylic oxidation sites excluding steroid dienone is 1. The van der Waals surface area contributed by atoms with E-state index >= 15 is 0 Å². The third kappa shape index (κ3) is 5.12. The highest BCUT2D eigenvalue weighted by atomic mass is 16.5. The summed E-state index contributed by atoms with van der Waals surface area (Å²) < 4.78 is 11.6. The van der Waals surface area contributed by atoms with Gasteiger partial charge in [-0.3, -0.25) is 4.79 Å². The molecule has 2 aromatic rings. The quantitative estimate of drug-likeness (QED) is 0.506. The summed E-state index contributed by atoms with van der Waals surface area (Å²) in [5.74, 6) is 1.62. The summed E-state index contributed by atoms with van der Waals surface area (Å²) in [5.41, 5.74) is 2.44. The number of carbonyl (C=O) groups is 1. The molecule has 4 heteroatoms. The molecule has 26 heavy (non-hydrogen) atoms. The Morgan fingerprint density at radius 3 is 2.08 bits per heavy atom. The van der Waals surface area contributed by atoms with Crippen LogP contribution in [0.5, 0.6) is 17.2 Å². The minimum atomic E-state index is -0.126. The number of hydrogen-bond acceptors (Lipinski definition) is 4. The minimum Gasteiger partial charge on any atom is -0.508 e. The van der Waals surface area contributed by atoms with Gasteiger partial charge in [0.1, 0.15) is 17.2 Å². The van der Waals surface area contributed by atoms with Crippen LogP contribution in [0, 0.1) is 0 Å². The lowest BCUT2D eigenvalue weighted by molar-refractivity contribution is 0.104. The molecule has 0 aliphatic rings. The van der Waals surface area contributed by atoms with Crippen molar-refractivity contribution in [1.82, 2.24) is 0 Å². The molecule has 0 bridgehead atoms. The van der Waals surface area contributed by atoms with Gasteiger partial charge < -0.3 is 14.6 Å². The number of phenols is 1. The minimum absolute atomic E-state index is 0.126. The Kier molecular flexibility index (Phi) is 7.27. The van der Waals surface area contributed by atoms with Gasteiger partial charge in [-0.25, -0.2) is 0 Å². The van der Waals surface area contributed by atoms with Gasteiger partial charge in [0.2, 0.25) is 0 Å². The molecule has 0 saturated heterocycles. The van der Waals surface area contributed by atoms with Crippen LogP contribution in [0.2, 0.25) is 0 Å². The van der Waals surface area contributed by atoms with E-state index < -0.39 is 0 Å². The molecule has 0 spiro atoms. The lowest BCUT2D eigenvalue weighted by atomic mass is 10.0. The molecule has 0 heterocycles. The Morgan fingerprint density at radius 1 is 1.00 bits per heavy atom. The number of benzene rings is 2. The van der Waals surface area contributed by atoms with Gasteiger partial charge in [0, 0.05) is 11.1 Å². The van der Waals surface area contributed by atoms with E-state index in [4.69, 9.17) is 9.47 Å². The van der Waals surface area contributed by atoms with Crippen molar-refractivity contribution in [3.8, 4) is 17.2 Å². The summed E-state index contributed by atoms with van der Waals surface area (Å²) in [6.07, 6.45) is 5.15. The summed E-state index contributed by atoms with van der Waals surface area (Å²) in [6, 6.07) is 10.1. The van der Waals surface area contributed by atoms with Crippen molar-refractivity contribution in [2.45, 2.75) is 33.6 Å². The SMILES string of the molecule is CCCc1c(OCC)cc(C=CC(=O)c2ccc(O)cc2)cc1OCC. The molecule has 0 radical (unpaired) electrons. The van der Waals surface area contributed by atoms with Crippen LogP contribution in [-0.2, 0) is 6.42 Å². The van der Waals surface area contributed by atoms with E-state index in [9.17, 15) is 9.90 Å². The Morgan fingerprint density at radius 2 is 1.58 bits per heavy atom. The molecule has 0 unspecified atom stereocenters. The van der Waals surface area contributed by atoms with Crippen molar-refractivity contribution in [2.75, 3.05) is 13.2 Å². The molecule has 2 aromatic carbocycles. The predicted octanol–water partition coefficient (Wildman–Crippen LogP) is 5.04.